The predicted octanol–water partition coefficient (Wildman–Crippen LogP) is 2.72. The third-order valence-electron chi connectivity index (χ3n) is 1.79. The first kappa shape index (κ1) is 14.8. The minimum atomic E-state index is -0.580. The van der Waals surface area contributed by atoms with Crippen molar-refractivity contribution >= 4 is 35.6 Å². The van der Waals surface area contributed by atoms with E-state index in [0.717, 1.165) is 5.56 Å². The van der Waals surface area contributed by atoms with Crippen LogP contribution in [-0.4, -0.2) is 31.4 Å². The number of rotatable bonds is 4. The van der Waals surface area contributed by atoms with Crippen molar-refractivity contribution in [2.75, 3.05) is 14.1 Å². The van der Waals surface area contributed by atoms with E-state index in [0.29, 0.717) is 10.0 Å². The van der Waals surface area contributed by atoms with Crippen molar-refractivity contribution in [3.63, 3.8) is 0 Å². The molecule has 1 N–H and O–H groups in total. The van der Waals surface area contributed by atoms with Crippen LogP contribution in [0.25, 0.3) is 0 Å². The molecule has 0 saturated heterocycles. The summed E-state index contributed by atoms with van der Waals surface area (Å²) in [5.41, 5.74) is 2.97. The van der Waals surface area contributed by atoms with Gasteiger partial charge in [-0.25, -0.2) is 10.3 Å². The summed E-state index contributed by atoms with van der Waals surface area (Å²) in [4.78, 5) is 21.3. The molecule has 2 amide bonds. The number of nitrogens with zero attached hydrogens (tertiary/aromatic N) is 2. The zero-order valence-electron chi connectivity index (χ0n) is 9.98. The third-order valence-corrected chi connectivity index (χ3v) is 2.53. The molecule has 1 rings (SSSR count). The first-order chi connectivity index (χ1) is 8.49. The molecule has 0 atom stereocenters. The molecule has 98 valence electrons. The largest absolute Gasteiger partial charge is 0.369 e. The van der Waals surface area contributed by atoms with Gasteiger partial charge in [0.05, 0.1) is 23.0 Å². The maximum Gasteiger partial charge on any atom is 0.366 e. The van der Waals surface area contributed by atoms with Gasteiger partial charge in [0.1, 0.15) is 0 Å². The lowest BCUT2D eigenvalue weighted by molar-refractivity contribution is 0.0522. The van der Waals surface area contributed by atoms with Crippen LogP contribution in [0.2, 0.25) is 10.0 Å². The van der Waals surface area contributed by atoms with Gasteiger partial charge in [-0.1, -0.05) is 29.3 Å². The van der Waals surface area contributed by atoms with E-state index in [-0.39, 0.29) is 6.61 Å². The normalized spacial score (nSPS) is 10.7. The van der Waals surface area contributed by atoms with Crippen LogP contribution in [0.3, 0.4) is 0 Å². The van der Waals surface area contributed by atoms with Gasteiger partial charge in [-0.3, -0.25) is 4.84 Å². The molecule has 0 unspecified atom stereocenters. The fraction of sp³-hybridized carbons (Fsp3) is 0.273. The molecule has 0 aliphatic rings. The Kier molecular flexibility index (Phi) is 5.91. The lowest BCUT2D eigenvalue weighted by Gasteiger charge is -2.05. The van der Waals surface area contributed by atoms with Crippen LogP contribution in [0.5, 0.6) is 0 Å². The molecule has 1 aromatic rings. The smallest absolute Gasteiger partial charge is 0.366 e. The molecule has 0 spiro atoms. The highest BCUT2D eigenvalue weighted by Crippen LogP contribution is 2.22. The highest BCUT2D eigenvalue weighted by atomic mass is 35.5. The molecule has 0 heterocycles. The first-order valence-electron chi connectivity index (χ1n) is 5.05. The molecule has 0 aromatic heterocycles. The number of urea groups is 1. The maximum atomic E-state index is 11.2. The number of aliphatic imine (C=N–C) groups is 1. The molecule has 0 saturated carbocycles. The minimum absolute atomic E-state index is 0.181. The Morgan fingerprint density at radius 2 is 2.17 bits per heavy atom. The van der Waals surface area contributed by atoms with Crippen molar-refractivity contribution in [1.82, 2.24) is 10.4 Å². The molecule has 5 nitrogen and oxygen atoms in total. The van der Waals surface area contributed by atoms with Gasteiger partial charge in [0.2, 0.25) is 0 Å². The van der Waals surface area contributed by atoms with Crippen LogP contribution in [0.15, 0.2) is 23.2 Å². The molecule has 0 fully saturated rings. The highest BCUT2D eigenvalue weighted by molar-refractivity contribution is 6.42. The van der Waals surface area contributed by atoms with Crippen LogP contribution < -0.4 is 5.48 Å². The van der Waals surface area contributed by atoms with Crippen LogP contribution in [-0.2, 0) is 11.4 Å². The summed E-state index contributed by atoms with van der Waals surface area (Å²) in [7, 11) is 3.51. The summed E-state index contributed by atoms with van der Waals surface area (Å²) < 4.78 is 0. The summed E-state index contributed by atoms with van der Waals surface area (Å²) >= 11 is 11.6. The summed E-state index contributed by atoms with van der Waals surface area (Å²) in [5.74, 6) is 0. The second-order valence-electron chi connectivity index (χ2n) is 3.65. The van der Waals surface area contributed by atoms with Crippen LogP contribution >= 0.6 is 23.2 Å². The second kappa shape index (κ2) is 7.20. The molecule has 1 aromatic carbocycles. The zero-order chi connectivity index (χ0) is 13.5. The fourth-order valence-corrected chi connectivity index (χ4v) is 1.33. The average molecular weight is 290 g/mol. The average Bonchev–Trinajstić information content (AvgIpc) is 2.31. The Morgan fingerprint density at radius 3 is 2.78 bits per heavy atom. The van der Waals surface area contributed by atoms with E-state index in [1.54, 1.807) is 37.2 Å². The number of amides is 2. The number of hydroxylamine groups is 1. The second-order valence-corrected chi connectivity index (χ2v) is 4.47. The van der Waals surface area contributed by atoms with Crippen molar-refractivity contribution in [2.24, 2.45) is 4.99 Å². The summed E-state index contributed by atoms with van der Waals surface area (Å²) in [6.07, 6.45) is 1.37. The monoisotopic (exact) mass is 289 g/mol. The van der Waals surface area contributed by atoms with Gasteiger partial charge < -0.3 is 4.90 Å². The number of halogens is 2. The van der Waals surface area contributed by atoms with Crippen molar-refractivity contribution in [2.45, 2.75) is 6.61 Å². The van der Waals surface area contributed by atoms with Crippen LogP contribution in [0.1, 0.15) is 5.56 Å². The van der Waals surface area contributed by atoms with E-state index in [4.69, 9.17) is 28.0 Å². The molecule has 0 aliphatic heterocycles. The molecule has 0 bridgehead atoms. The summed E-state index contributed by atoms with van der Waals surface area (Å²) in [6, 6.07) is 4.50. The number of hydrogen-bond donors (Lipinski definition) is 1. The maximum absolute atomic E-state index is 11.2. The zero-order valence-corrected chi connectivity index (χ0v) is 11.5. The first-order valence-corrected chi connectivity index (χ1v) is 5.81. The van der Waals surface area contributed by atoms with Gasteiger partial charge in [0.15, 0.2) is 0 Å². The lowest BCUT2D eigenvalue weighted by atomic mass is 10.2. The van der Waals surface area contributed by atoms with Crippen molar-refractivity contribution in [1.29, 1.82) is 0 Å². The number of hydrogen-bond acceptors (Lipinski definition) is 2. The Hall–Kier alpha value is -1.30. The van der Waals surface area contributed by atoms with E-state index in [2.05, 4.69) is 10.5 Å². The number of benzene rings is 1. The highest BCUT2D eigenvalue weighted by Gasteiger charge is 2.01. The van der Waals surface area contributed by atoms with Gasteiger partial charge >= 0.3 is 6.03 Å². The Morgan fingerprint density at radius 1 is 1.44 bits per heavy atom. The SMILES string of the molecule is CN(C)C=NC(=O)NOCc1ccc(Cl)c(Cl)c1. The molecule has 0 aliphatic carbocycles. The van der Waals surface area contributed by atoms with Crippen molar-refractivity contribution in [3.05, 3.63) is 33.8 Å². The van der Waals surface area contributed by atoms with Gasteiger partial charge in [-0.15, -0.1) is 0 Å². The van der Waals surface area contributed by atoms with Crippen LogP contribution in [0, 0.1) is 0 Å². The van der Waals surface area contributed by atoms with Gasteiger partial charge in [0.25, 0.3) is 0 Å². The Labute approximate surface area is 115 Å². The number of carbonyl (C=O) groups excluding carboxylic acids is 1. The van der Waals surface area contributed by atoms with E-state index < -0.39 is 6.03 Å². The molecular weight excluding hydrogens is 277 g/mol. The van der Waals surface area contributed by atoms with Crippen molar-refractivity contribution in [3.8, 4) is 0 Å². The standard InChI is InChI=1S/C11H13Cl2N3O2/c1-16(2)7-14-11(17)15-18-6-8-3-4-9(12)10(13)5-8/h3-5,7H,6H2,1-2H3,(H,15,17). The molecule has 7 heteroatoms. The quantitative estimate of drug-likeness (QED) is 0.527. The lowest BCUT2D eigenvalue weighted by Crippen LogP contribution is -2.21. The van der Waals surface area contributed by atoms with E-state index >= 15 is 0 Å². The van der Waals surface area contributed by atoms with E-state index in [1.165, 1.54) is 6.34 Å². The van der Waals surface area contributed by atoms with Gasteiger partial charge in [-0.05, 0) is 17.7 Å². The minimum Gasteiger partial charge on any atom is -0.369 e. The van der Waals surface area contributed by atoms with E-state index in [9.17, 15) is 4.79 Å². The number of carbonyl (C=O) groups is 1. The van der Waals surface area contributed by atoms with Gasteiger partial charge in [0, 0.05) is 14.1 Å². The molecular formula is C11H13Cl2N3O2. The third kappa shape index (κ3) is 5.35. The molecule has 0 radical (unpaired) electrons. The van der Waals surface area contributed by atoms with Crippen molar-refractivity contribution < 1.29 is 9.63 Å². The Balaban J connectivity index is 2.37. The number of nitrogens with one attached hydrogen (secondary N) is 1. The summed E-state index contributed by atoms with van der Waals surface area (Å²) in [6.45, 7) is 0.181. The summed E-state index contributed by atoms with van der Waals surface area (Å²) in [5, 5.41) is 0.912. The van der Waals surface area contributed by atoms with Gasteiger partial charge in [-0.2, -0.15) is 4.99 Å². The van der Waals surface area contributed by atoms with Crippen LogP contribution in [0.4, 0.5) is 4.79 Å². The fourth-order valence-electron chi connectivity index (χ4n) is 1.00. The topological polar surface area (TPSA) is 53.9 Å². The predicted molar refractivity (Wildman–Crippen MR) is 72.0 cm³/mol. The molecule has 18 heavy (non-hydrogen) atoms. The Bertz CT molecular complexity index is 450. The van der Waals surface area contributed by atoms with E-state index in [1.807, 2.05) is 0 Å².